The zero-order valence-corrected chi connectivity index (χ0v) is 8.73. The molecule has 5 nitrogen and oxygen atoms in total. The number of nitrogens with one attached hydrogen (secondary N) is 1. The number of hydrogen-bond donors (Lipinski definition) is 1. The highest BCUT2D eigenvalue weighted by Gasteiger charge is 2.52. The molecule has 2 rings (SSSR count). The van der Waals surface area contributed by atoms with E-state index >= 15 is 0 Å². The lowest BCUT2D eigenvalue weighted by Gasteiger charge is -2.29. The van der Waals surface area contributed by atoms with Gasteiger partial charge in [-0.25, -0.2) is 9.69 Å². The molecular formula is C8H13ClN2O3. The van der Waals surface area contributed by atoms with Crippen LogP contribution in [0, 0.1) is 0 Å². The average Bonchev–Trinajstić information content (AvgIpc) is 2.33. The first kappa shape index (κ1) is 11.3. The van der Waals surface area contributed by atoms with Gasteiger partial charge in [-0.15, -0.1) is 12.4 Å². The van der Waals surface area contributed by atoms with E-state index in [1.54, 1.807) is 0 Å². The predicted octanol–water partition coefficient (Wildman–Crippen LogP) is 0.139. The number of ether oxygens (including phenoxy) is 1. The number of halogens is 1. The maximum atomic E-state index is 11.6. The molecule has 2 heterocycles. The lowest BCUT2D eigenvalue weighted by atomic mass is 9.93. The topological polar surface area (TPSA) is 58.6 Å². The Hall–Kier alpha value is -0.810. The fraction of sp³-hybridized carbons (Fsp3) is 0.750. The smallest absolute Gasteiger partial charge is 0.417 e. The van der Waals surface area contributed by atoms with Crippen molar-refractivity contribution < 1.29 is 14.3 Å². The number of hydrogen-bond acceptors (Lipinski definition) is 4. The lowest BCUT2D eigenvalue weighted by Crippen LogP contribution is -2.51. The molecule has 1 unspecified atom stereocenters. The SMILES string of the molecule is CN1C(=O)OC2(CCCNC2)C1=O.Cl. The summed E-state index contributed by atoms with van der Waals surface area (Å²) in [5, 5.41) is 3.06. The molecule has 1 spiro atoms. The second-order valence-electron chi connectivity index (χ2n) is 3.51. The molecule has 14 heavy (non-hydrogen) atoms. The second kappa shape index (κ2) is 3.74. The van der Waals surface area contributed by atoms with Gasteiger partial charge in [-0.2, -0.15) is 0 Å². The van der Waals surface area contributed by atoms with Crippen molar-refractivity contribution in [1.29, 1.82) is 0 Å². The summed E-state index contributed by atoms with van der Waals surface area (Å²) in [6.07, 6.45) is 0.968. The maximum Gasteiger partial charge on any atom is 0.417 e. The van der Waals surface area contributed by atoms with Gasteiger partial charge in [0.15, 0.2) is 0 Å². The van der Waals surface area contributed by atoms with E-state index in [0.29, 0.717) is 13.0 Å². The molecule has 2 aliphatic rings. The Balaban J connectivity index is 0.000000980. The van der Waals surface area contributed by atoms with Gasteiger partial charge >= 0.3 is 6.09 Å². The van der Waals surface area contributed by atoms with Crippen molar-refractivity contribution in [3.05, 3.63) is 0 Å². The van der Waals surface area contributed by atoms with Gasteiger partial charge in [-0.05, 0) is 19.4 Å². The van der Waals surface area contributed by atoms with Crippen LogP contribution in [0.3, 0.4) is 0 Å². The Kier molecular flexibility index (Phi) is 3.01. The summed E-state index contributed by atoms with van der Waals surface area (Å²) in [6.45, 7) is 1.33. The van der Waals surface area contributed by atoms with Gasteiger partial charge in [0.25, 0.3) is 5.91 Å². The third kappa shape index (κ3) is 1.46. The van der Waals surface area contributed by atoms with Gasteiger partial charge in [0, 0.05) is 13.6 Å². The Labute approximate surface area is 88.2 Å². The summed E-state index contributed by atoms with van der Waals surface area (Å²) in [4.78, 5) is 23.8. The number of imide groups is 1. The molecular weight excluding hydrogens is 208 g/mol. The van der Waals surface area contributed by atoms with Crippen molar-refractivity contribution >= 4 is 24.4 Å². The minimum Gasteiger partial charge on any atom is -0.431 e. The quantitative estimate of drug-likeness (QED) is 0.631. The van der Waals surface area contributed by atoms with Crippen LogP contribution in [0.1, 0.15) is 12.8 Å². The number of carbonyl (C=O) groups is 2. The predicted molar refractivity (Wildman–Crippen MR) is 51.3 cm³/mol. The molecule has 0 saturated carbocycles. The molecule has 0 aromatic heterocycles. The van der Waals surface area contributed by atoms with Crippen molar-refractivity contribution in [1.82, 2.24) is 10.2 Å². The van der Waals surface area contributed by atoms with E-state index in [1.165, 1.54) is 7.05 Å². The lowest BCUT2D eigenvalue weighted by molar-refractivity contribution is -0.137. The Morgan fingerprint density at radius 2 is 2.21 bits per heavy atom. The summed E-state index contributed by atoms with van der Waals surface area (Å²) in [5.41, 5.74) is -0.899. The maximum absolute atomic E-state index is 11.6. The van der Waals surface area contributed by atoms with E-state index in [1.807, 2.05) is 0 Å². The summed E-state index contributed by atoms with van der Waals surface area (Å²) in [6, 6.07) is 0. The van der Waals surface area contributed by atoms with Crippen LogP contribution < -0.4 is 5.32 Å². The number of amides is 2. The van der Waals surface area contributed by atoms with Crippen LogP contribution in [0.5, 0.6) is 0 Å². The first-order valence-corrected chi connectivity index (χ1v) is 4.38. The molecule has 2 saturated heterocycles. The summed E-state index contributed by atoms with van der Waals surface area (Å²) < 4.78 is 5.09. The number of piperidine rings is 1. The minimum absolute atomic E-state index is 0. The number of carbonyl (C=O) groups excluding carboxylic acids is 2. The number of rotatable bonds is 0. The van der Waals surface area contributed by atoms with Gasteiger partial charge < -0.3 is 10.1 Å². The fourth-order valence-corrected chi connectivity index (χ4v) is 1.82. The molecule has 80 valence electrons. The molecule has 2 amide bonds. The van der Waals surface area contributed by atoms with Crippen molar-refractivity contribution in [3.63, 3.8) is 0 Å². The van der Waals surface area contributed by atoms with E-state index < -0.39 is 11.7 Å². The van der Waals surface area contributed by atoms with Crippen LogP contribution in [0.2, 0.25) is 0 Å². The molecule has 1 atom stereocenters. The van der Waals surface area contributed by atoms with Gasteiger partial charge in [0.1, 0.15) is 0 Å². The number of nitrogens with zero attached hydrogens (tertiary/aromatic N) is 1. The highest BCUT2D eigenvalue weighted by Crippen LogP contribution is 2.29. The van der Waals surface area contributed by atoms with Gasteiger partial charge in [0.2, 0.25) is 5.60 Å². The summed E-state index contributed by atoms with van der Waals surface area (Å²) >= 11 is 0. The van der Waals surface area contributed by atoms with Crippen LogP contribution in [-0.4, -0.2) is 42.6 Å². The van der Waals surface area contributed by atoms with Gasteiger partial charge in [0.05, 0.1) is 0 Å². The summed E-state index contributed by atoms with van der Waals surface area (Å²) in [5.74, 6) is -0.218. The zero-order chi connectivity index (χ0) is 9.47. The molecule has 0 radical (unpaired) electrons. The molecule has 6 heteroatoms. The highest BCUT2D eigenvalue weighted by atomic mass is 35.5. The zero-order valence-electron chi connectivity index (χ0n) is 7.91. The molecule has 2 fully saturated rings. The van der Waals surface area contributed by atoms with Crippen molar-refractivity contribution in [2.75, 3.05) is 20.1 Å². The Morgan fingerprint density at radius 1 is 1.50 bits per heavy atom. The van der Waals surface area contributed by atoms with Crippen molar-refractivity contribution in [2.45, 2.75) is 18.4 Å². The average molecular weight is 221 g/mol. The fourth-order valence-electron chi connectivity index (χ4n) is 1.82. The van der Waals surface area contributed by atoms with Crippen molar-refractivity contribution in [2.24, 2.45) is 0 Å². The van der Waals surface area contributed by atoms with E-state index in [9.17, 15) is 9.59 Å². The molecule has 0 aliphatic carbocycles. The van der Waals surface area contributed by atoms with Gasteiger partial charge in [-0.1, -0.05) is 0 Å². The molecule has 0 bridgehead atoms. The van der Waals surface area contributed by atoms with E-state index in [4.69, 9.17) is 4.74 Å². The third-order valence-electron chi connectivity index (χ3n) is 2.60. The first-order valence-electron chi connectivity index (χ1n) is 4.38. The first-order chi connectivity index (χ1) is 6.16. The monoisotopic (exact) mass is 220 g/mol. The molecule has 1 N–H and O–H groups in total. The third-order valence-corrected chi connectivity index (χ3v) is 2.60. The minimum atomic E-state index is -0.899. The standard InChI is InChI=1S/C8H12N2O3.ClH/c1-10-6(11)8(13-7(10)12)3-2-4-9-5-8;/h9H,2-5H2,1H3;1H. The van der Waals surface area contributed by atoms with Crippen molar-refractivity contribution in [3.8, 4) is 0 Å². The van der Waals surface area contributed by atoms with Crippen LogP contribution in [0.25, 0.3) is 0 Å². The molecule has 0 aromatic rings. The van der Waals surface area contributed by atoms with E-state index in [0.717, 1.165) is 17.9 Å². The largest absolute Gasteiger partial charge is 0.431 e. The number of likely N-dealkylation sites (N-methyl/N-ethyl adjacent to an activating group) is 1. The van der Waals surface area contributed by atoms with E-state index in [2.05, 4.69) is 5.32 Å². The van der Waals surface area contributed by atoms with Gasteiger partial charge in [-0.3, -0.25) is 4.79 Å². The van der Waals surface area contributed by atoms with Crippen LogP contribution in [-0.2, 0) is 9.53 Å². The Morgan fingerprint density at radius 3 is 2.64 bits per heavy atom. The molecule has 2 aliphatic heterocycles. The molecule has 0 aromatic carbocycles. The van der Waals surface area contributed by atoms with E-state index in [-0.39, 0.29) is 18.3 Å². The normalized spacial score (nSPS) is 31.6. The highest BCUT2D eigenvalue weighted by molar-refractivity contribution is 6.02. The van der Waals surface area contributed by atoms with Crippen LogP contribution >= 0.6 is 12.4 Å². The Bertz CT molecular complexity index is 263. The second-order valence-corrected chi connectivity index (χ2v) is 3.51. The van der Waals surface area contributed by atoms with Crippen LogP contribution in [0.4, 0.5) is 4.79 Å². The van der Waals surface area contributed by atoms with Crippen LogP contribution in [0.15, 0.2) is 0 Å². The summed E-state index contributed by atoms with van der Waals surface area (Å²) in [7, 11) is 1.45.